The van der Waals surface area contributed by atoms with Gasteiger partial charge in [0.05, 0.1) is 0 Å². The van der Waals surface area contributed by atoms with Gasteiger partial charge in [-0.3, -0.25) is 0 Å². The average Bonchev–Trinajstić information content (AvgIpc) is 2.30. The van der Waals surface area contributed by atoms with Crippen LogP contribution >= 0.6 is 0 Å². The summed E-state index contributed by atoms with van der Waals surface area (Å²) in [6, 6.07) is 0. The normalized spacial score (nSPS) is 21.3. The summed E-state index contributed by atoms with van der Waals surface area (Å²) in [5.41, 5.74) is 0.438. The average molecular weight is 192 g/mol. The van der Waals surface area contributed by atoms with Crippen molar-refractivity contribution in [1.29, 1.82) is 0 Å². The summed E-state index contributed by atoms with van der Waals surface area (Å²) in [7, 11) is 0. The molecule has 0 aliphatic carbocycles. The Balaban J connectivity index is 2.07. The highest BCUT2D eigenvalue weighted by atomic mass is 16.1. The molecule has 2 aliphatic rings. The van der Waals surface area contributed by atoms with Gasteiger partial charge in [0.25, 0.3) is 0 Å². The summed E-state index contributed by atoms with van der Waals surface area (Å²) in [6.45, 7) is 3.72. The van der Waals surface area contributed by atoms with Crippen LogP contribution in [0, 0.1) is 0 Å². The fraction of sp³-hybridized carbons (Fsp3) is 0.444. The molecule has 0 radical (unpaired) electrons. The zero-order valence-electron chi connectivity index (χ0n) is 7.79. The minimum Gasteiger partial charge on any atom is -0.340 e. The van der Waals surface area contributed by atoms with E-state index in [1.165, 1.54) is 0 Å². The highest BCUT2D eigenvalue weighted by Crippen LogP contribution is 2.01. The maximum Gasteiger partial charge on any atom is 0.203 e. The number of hydrogen-bond donors (Lipinski definition) is 2. The molecule has 74 valence electrons. The van der Waals surface area contributed by atoms with Gasteiger partial charge >= 0.3 is 0 Å². The van der Waals surface area contributed by atoms with Gasteiger partial charge in [0.1, 0.15) is 5.70 Å². The molecule has 0 amide bonds. The SMILES string of the molecule is O=C=C1C=CN=C(N2CCNCC2)N1. The van der Waals surface area contributed by atoms with E-state index in [1.54, 1.807) is 12.3 Å². The Morgan fingerprint density at radius 3 is 2.93 bits per heavy atom. The van der Waals surface area contributed by atoms with Crippen LogP contribution in [0.5, 0.6) is 0 Å². The van der Waals surface area contributed by atoms with Crippen molar-refractivity contribution in [2.45, 2.75) is 0 Å². The zero-order chi connectivity index (χ0) is 9.80. The van der Waals surface area contributed by atoms with Crippen LogP contribution in [0.25, 0.3) is 0 Å². The standard InChI is InChI=1S/C9H12N4O/c14-7-8-1-2-11-9(12-8)13-5-3-10-4-6-13/h1-2,10H,3-6H2,(H,11,12). The molecule has 5 heteroatoms. The van der Waals surface area contributed by atoms with Gasteiger partial charge in [0.2, 0.25) is 5.96 Å². The van der Waals surface area contributed by atoms with Gasteiger partial charge < -0.3 is 15.5 Å². The number of piperazine rings is 1. The Kier molecular flexibility index (Phi) is 2.62. The number of rotatable bonds is 0. The van der Waals surface area contributed by atoms with Gasteiger partial charge in [0, 0.05) is 32.4 Å². The zero-order valence-corrected chi connectivity index (χ0v) is 7.79. The molecule has 5 nitrogen and oxygen atoms in total. The van der Waals surface area contributed by atoms with Crippen molar-refractivity contribution in [3.63, 3.8) is 0 Å². The molecule has 0 saturated carbocycles. The van der Waals surface area contributed by atoms with Gasteiger partial charge in [-0.2, -0.15) is 0 Å². The predicted octanol–water partition coefficient (Wildman–Crippen LogP) is -0.920. The lowest BCUT2D eigenvalue weighted by Gasteiger charge is -2.30. The molecule has 0 spiro atoms. The second-order valence-electron chi connectivity index (χ2n) is 3.15. The maximum atomic E-state index is 10.4. The van der Waals surface area contributed by atoms with E-state index in [0.29, 0.717) is 5.70 Å². The molecule has 0 aromatic rings. The molecule has 0 aromatic carbocycles. The Morgan fingerprint density at radius 2 is 2.21 bits per heavy atom. The molecular formula is C9H12N4O. The Hall–Kier alpha value is -1.58. The number of guanidine groups is 1. The van der Waals surface area contributed by atoms with Crippen LogP contribution in [0.15, 0.2) is 23.0 Å². The number of nitrogens with one attached hydrogen (secondary N) is 2. The van der Waals surface area contributed by atoms with Crippen molar-refractivity contribution in [1.82, 2.24) is 15.5 Å². The summed E-state index contributed by atoms with van der Waals surface area (Å²) in [5, 5.41) is 6.18. The molecule has 1 fully saturated rings. The van der Waals surface area contributed by atoms with E-state index >= 15 is 0 Å². The van der Waals surface area contributed by atoms with E-state index in [2.05, 4.69) is 20.5 Å². The van der Waals surface area contributed by atoms with E-state index in [1.807, 2.05) is 5.94 Å². The maximum absolute atomic E-state index is 10.4. The Morgan fingerprint density at radius 1 is 1.43 bits per heavy atom. The lowest BCUT2D eigenvalue weighted by molar-refractivity contribution is 0.349. The van der Waals surface area contributed by atoms with Crippen molar-refractivity contribution in [3.8, 4) is 0 Å². The van der Waals surface area contributed by atoms with Crippen molar-refractivity contribution in [2.24, 2.45) is 4.99 Å². The molecule has 0 unspecified atom stereocenters. The molecular weight excluding hydrogens is 180 g/mol. The van der Waals surface area contributed by atoms with Crippen molar-refractivity contribution in [3.05, 3.63) is 18.0 Å². The van der Waals surface area contributed by atoms with Crippen LogP contribution < -0.4 is 10.6 Å². The third kappa shape index (κ3) is 1.84. The first-order valence-electron chi connectivity index (χ1n) is 4.62. The first-order valence-corrected chi connectivity index (χ1v) is 4.62. The van der Waals surface area contributed by atoms with E-state index in [-0.39, 0.29) is 0 Å². The molecule has 14 heavy (non-hydrogen) atoms. The van der Waals surface area contributed by atoms with Gasteiger partial charge in [-0.1, -0.05) is 0 Å². The number of carbonyl (C=O) groups excluding carboxylic acids is 1. The van der Waals surface area contributed by atoms with E-state index < -0.39 is 0 Å². The molecule has 2 N–H and O–H groups in total. The first kappa shape index (κ1) is 8.99. The number of aliphatic imine (C=N–C) groups is 1. The minimum atomic E-state index is 0.438. The van der Waals surface area contributed by atoms with Crippen molar-refractivity contribution >= 4 is 11.9 Å². The third-order valence-corrected chi connectivity index (χ3v) is 2.21. The molecule has 2 aliphatic heterocycles. The van der Waals surface area contributed by atoms with Crippen LogP contribution in [-0.4, -0.2) is 43.0 Å². The minimum absolute atomic E-state index is 0.438. The summed E-state index contributed by atoms with van der Waals surface area (Å²) in [6.07, 6.45) is 3.23. The first-order chi connectivity index (χ1) is 6.90. The quantitative estimate of drug-likeness (QED) is 0.487. The Bertz CT molecular complexity index is 322. The molecule has 2 heterocycles. The third-order valence-electron chi connectivity index (χ3n) is 2.21. The molecule has 2 rings (SSSR count). The highest BCUT2D eigenvalue weighted by Gasteiger charge is 2.16. The summed E-state index contributed by atoms with van der Waals surface area (Å²) < 4.78 is 0. The smallest absolute Gasteiger partial charge is 0.203 e. The van der Waals surface area contributed by atoms with Crippen molar-refractivity contribution in [2.75, 3.05) is 26.2 Å². The van der Waals surface area contributed by atoms with Gasteiger partial charge in [0.15, 0.2) is 5.94 Å². The monoisotopic (exact) mass is 192 g/mol. The van der Waals surface area contributed by atoms with Crippen LogP contribution in [0.2, 0.25) is 0 Å². The van der Waals surface area contributed by atoms with Crippen LogP contribution in [0.4, 0.5) is 0 Å². The van der Waals surface area contributed by atoms with Crippen LogP contribution in [-0.2, 0) is 4.79 Å². The second kappa shape index (κ2) is 4.09. The summed E-state index contributed by atoms with van der Waals surface area (Å²) in [4.78, 5) is 16.7. The van der Waals surface area contributed by atoms with Gasteiger partial charge in [-0.25, -0.2) is 9.79 Å². The fourth-order valence-corrected chi connectivity index (χ4v) is 1.47. The Labute approximate surface area is 82.2 Å². The molecule has 0 atom stereocenters. The lowest BCUT2D eigenvalue weighted by atomic mass is 10.3. The number of allylic oxidation sites excluding steroid dienone is 1. The fourth-order valence-electron chi connectivity index (χ4n) is 1.47. The number of hydrogen-bond acceptors (Lipinski definition) is 5. The molecule has 1 saturated heterocycles. The molecule has 0 aromatic heterocycles. The largest absolute Gasteiger partial charge is 0.340 e. The predicted molar refractivity (Wildman–Crippen MR) is 53.4 cm³/mol. The van der Waals surface area contributed by atoms with Gasteiger partial charge in [-0.15, -0.1) is 0 Å². The lowest BCUT2D eigenvalue weighted by Crippen LogP contribution is -2.51. The van der Waals surface area contributed by atoms with Gasteiger partial charge in [-0.05, 0) is 6.08 Å². The van der Waals surface area contributed by atoms with Crippen LogP contribution in [0.3, 0.4) is 0 Å². The summed E-state index contributed by atoms with van der Waals surface area (Å²) >= 11 is 0. The van der Waals surface area contributed by atoms with E-state index in [9.17, 15) is 4.79 Å². The summed E-state index contributed by atoms with van der Waals surface area (Å²) in [5.74, 6) is 2.56. The van der Waals surface area contributed by atoms with Crippen LogP contribution in [0.1, 0.15) is 0 Å². The molecule has 0 bridgehead atoms. The topological polar surface area (TPSA) is 56.7 Å². The van der Waals surface area contributed by atoms with E-state index in [4.69, 9.17) is 0 Å². The highest BCUT2D eigenvalue weighted by molar-refractivity contribution is 5.86. The second-order valence-corrected chi connectivity index (χ2v) is 3.15. The van der Waals surface area contributed by atoms with E-state index in [0.717, 1.165) is 32.1 Å². The number of nitrogens with zero attached hydrogens (tertiary/aromatic N) is 2. The van der Waals surface area contributed by atoms with Crippen molar-refractivity contribution < 1.29 is 4.79 Å².